The summed E-state index contributed by atoms with van der Waals surface area (Å²) in [6, 6.07) is 3.76. The number of rotatable bonds is 7. The number of amides is 1. The Labute approximate surface area is 129 Å². The van der Waals surface area contributed by atoms with E-state index in [1.807, 2.05) is 0 Å². The van der Waals surface area contributed by atoms with E-state index in [2.05, 4.69) is 0 Å². The highest BCUT2D eigenvalue weighted by molar-refractivity contribution is 5.94. The average molecular weight is 333 g/mol. The smallest absolute Gasteiger partial charge is 0.391 e. The molecule has 2 N–H and O–H groups in total. The highest BCUT2D eigenvalue weighted by atomic mass is 19.4. The number of alkyl halides is 3. The van der Waals surface area contributed by atoms with Crippen molar-refractivity contribution in [2.45, 2.75) is 25.6 Å². The van der Waals surface area contributed by atoms with Crippen LogP contribution in [0.15, 0.2) is 24.3 Å². The molecule has 0 heterocycles. The van der Waals surface area contributed by atoms with Gasteiger partial charge in [0.2, 0.25) is 0 Å². The van der Waals surface area contributed by atoms with Crippen molar-refractivity contribution in [2.24, 2.45) is 0 Å². The van der Waals surface area contributed by atoms with Crippen LogP contribution in [-0.2, 0) is 9.59 Å². The molecule has 0 fully saturated rings. The molecule has 0 aliphatic carbocycles. The van der Waals surface area contributed by atoms with Crippen LogP contribution in [0.4, 0.5) is 13.2 Å². The highest BCUT2D eigenvalue weighted by Crippen LogP contribution is 2.21. The third kappa shape index (κ3) is 6.81. The van der Waals surface area contributed by atoms with Crippen molar-refractivity contribution >= 4 is 17.7 Å². The van der Waals surface area contributed by atoms with Crippen molar-refractivity contribution in [3.05, 3.63) is 29.8 Å². The van der Waals surface area contributed by atoms with E-state index in [1.165, 1.54) is 31.2 Å². The molecular formula is C14H14F3NO5. The number of carboxylic acid groups (broad SMARTS) is 1. The molecule has 0 aliphatic rings. The molecule has 1 unspecified atom stereocenters. The van der Waals surface area contributed by atoms with Gasteiger partial charge in [-0.25, -0.2) is 4.79 Å². The zero-order chi connectivity index (χ0) is 17.6. The number of benzene rings is 1. The van der Waals surface area contributed by atoms with Gasteiger partial charge in [0.25, 0.3) is 5.91 Å². The fourth-order valence-corrected chi connectivity index (χ4v) is 1.62. The monoisotopic (exact) mass is 333 g/mol. The fraction of sp³-hybridized carbons (Fsp3) is 0.357. The summed E-state index contributed by atoms with van der Waals surface area (Å²) in [5, 5.41) is 10.4. The standard InChI is InChI=1S/C14H14F3NO5/c1-8(19)9-3-2-4-10(5-9)23-7-12(20)18-11(13(21)22)6-14(15,16)17/h2-5,11H,6-7H2,1H3,(H,18,20)(H,21,22). The maximum absolute atomic E-state index is 12.2. The SMILES string of the molecule is CC(=O)c1cccc(OCC(=O)NC(CC(F)(F)F)C(=O)O)c1. The molecule has 1 rings (SSSR count). The van der Waals surface area contributed by atoms with Crippen LogP contribution in [0.3, 0.4) is 0 Å². The predicted molar refractivity (Wildman–Crippen MR) is 72.2 cm³/mol. The number of nitrogens with one attached hydrogen (secondary N) is 1. The zero-order valence-corrected chi connectivity index (χ0v) is 12.0. The van der Waals surface area contributed by atoms with E-state index >= 15 is 0 Å². The van der Waals surface area contributed by atoms with Crippen LogP contribution in [-0.4, -0.2) is 41.6 Å². The van der Waals surface area contributed by atoms with Crippen LogP contribution in [0.5, 0.6) is 5.75 Å². The summed E-state index contributed by atoms with van der Waals surface area (Å²) in [5.74, 6) is -2.88. The van der Waals surface area contributed by atoms with Crippen LogP contribution in [0.2, 0.25) is 0 Å². The third-order valence-electron chi connectivity index (χ3n) is 2.68. The molecular weight excluding hydrogens is 319 g/mol. The van der Waals surface area contributed by atoms with Crippen LogP contribution in [0.1, 0.15) is 23.7 Å². The molecule has 9 heteroatoms. The lowest BCUT2D eigenvalue weighted by Crippen LogP contribution is -2.45. The van der Waals surface area contributed by atoms with Gasteiger partial charge < -0.3 is 15.2 Å². The van der Waals surface area contributed by atoms with E-state index < -0.39 is 37.1 Å². The number of aliphatic carboxylic acids is 1. The summed E-state index contributed by atoms with van der Waals surface area (Å²) < 4.78 is 41.7. The third-order valence-corrected chi connectivity index (χ3v) is 2.68. The van der Waals surface area contributed by atoms with Crippen molar-refractivity contribution in [1.82, 2.24) is 5.32 Å². The van der Waals surface area contributed by atoms with E-state index in [1.54, 1.807) is 5.32 Å². The Morgan fingerprint density at radius 3 is 2.48 bits per heavy atom. The first-order chi connectivity index (χ1) is 10.6. The second kappa shape index (κ2) is 7.61. The van der Waals surface area contributed by atoms with Crippen molar-refractivity contribution in [3.8, 4) is 5.75 Å². The van der Waals surface area contributed by atoms with Crippen LogP contribution in [0.25, 0.3) is 0 Å². The first-order valence-corrected chi connectivity index (χ1v) is 6.41. The summed E-state index contributed by atoms with van der Waals surface area (Å²) in [5.41, 5.74) is 0.336. The zero-order valence-electron chi connectivity index (χ0n) is 12.0. The number of Topliss-reactive ketones (excluding diaryl/α,β-unsaturated/α-hetero) is 1. The lowest BCUT2D eigenvalue weighted by atomic mass is 10.1. The maximum Gasteiger partial charge on any atom is 0.391 e. The molecule has 0 aliphatic heterocycles. The molecule has 126 valence electrons. The second-order valence-electron chi connectivity index (χ2n) is 4.65. The molecule has 1 atom stereocenters. The Kier molecular flexibility index (Phi) is 6.11. The molecule has 0 saturated carbocycles. The predicted octanol–water partition coefficient (Wildman–Crippen LogP) is 1.79. The molecule has 23 heavy (non-hydrogen) atoms. The lowest BCUT2D eigenvalue weighted by molar-refractivity contribution is -0.160. The van der Waals surface area contributed by atoms with Gasteiger partial charge in [-0.2, -0.15) is 13.2 Å². The summed E-state index contributed by atoms with van der Waals surface area (Å²) >= 11 is 0. The molecule has 1 aromatic carbocycles. The minimum atomic E-state index is -4.73. The van der Waals surface area contributed by atoms with Gasteiger partial charge in [0.1, 0.15) is 11.8 Å². The number of ether oxygens (including phenoxy) is 1. The summed E-state index contributed by atoms with van der Waals surface area (Å²) in [6.45, 7) is 0.656. The minimum absolute atomic E-state index is 0.163. The number of hydrogen-bond acceptors (Lipinski definition) is 4. The van der Waals surface area contributed by atoms with Gasteiger partial charge in [-0.15, -0.1) is 0 Å². The van der Waals surface area contributed by atoms with Gasteiger partial charge >= 0.3 is 12.1 Å². The fourth-order valence-electron chi connectivity index (χ4n) is 1.62. The van der Waals surface area contributed by atoms with Gasteiger partial charge in [0.05, 0.1) is 6.42 Å². The summed E-state index contributed by atoms with van der Waals surface area (Å²) in [7, 11) is 0. The second-order valence-corrected chi connectivity index (χ2v) is 4.65. The van der Waals surface area contributed by atoms with Crippen molar-refractivity contribution in [2.75, 3.05) is 6.61 Å². The van der Waals surface area contributed by atoms with Crippen LogP contribution >= 0.6 is 0 Å². The quantitative estimate of drug-likeness (QED) is 0.742. The topological polar surface area (TPSA) is 92.7 Å². The van der Waals surface area contributed by atoms with E-state index in [-0.39, 0.29) is 11.5 Å². The molecule has 1 aromatic rings. The maximum atomic E-state index is 12.2. The number of halogens is 3. The van der Waals surface area contributed by atoms with E-state index in [0.29, 0.717) is 5.56 Å². The van der Waals surface area contributed by atoms with Crippen molar-refractivity contribution < 1.29 is 37.4 Å². The molecule has 6 nitrogen and oxygen atoms in total. The molecule has 0 spiro atoms. The summed E-state index contributed by atoms with van der Waals surface area (Å²) in [6.07, 6.45) is -6.42. The number of ketones is 1. The van der Waals surface area contributed by atoms with E-state index in [9.17, 15) is 27.6 Å². The Balaban J connectivity index is 2.60. The Hall–Kier alpha value is -2.58. The van der Waals surface area contributed by atoms with Gasteiger partial charge in [-0.05, 0) is 19.1 Å². The molecule has 0 aromatic heterocycles. The summed E-state index contributed by atoms with van der Waals surface area (Å²) in [4.78, 5) is 33.4. The van der Waals surface area contributed by atoms with Crippen LogP contribution < -0.4 is 10.1 Å². The lowest BCUT2D eigenvalue weighted by Gasteiger charge is -2.16. The molecule has 0 bridgehead atoms. The first kappa shape index (κ1) is 18.5. The highest BCUT2D eigenvalue weighted by Gasteiger charge is 2.36. The number of carbonyl (C=O) groups is 3. The van der Waals surface area contributed by atoms with E-state index in [4.69, 9.17) is 9.84 Å². The van der Waals surface area contributed by atoms with Gasteiger partial charge in [0, 0.05) is 5.56 Å². The number of hydrogen-bond donors (Lipinski definition) is 2. The molecule has 0 saturated heterocycles. The Bertz CT molecular complexity index is 600. The van der Waals surface area contributed by atoms with Gasteiger partial charge in [-0.3, -0.25) is 9.59 Å². The van der Waals surface area contributed by atoms with Crippen LogP contribution in [0, 0.1) is 0 Å². The Morgan fingerprint density at radius 2 is 1.96 bits per heavy atom. The average Bonchev–Trinajstić information content (AvgIpc) is 2.43. The van der Waals surface area contributed by atoms with Crippen molar-refractivity contribution in [1.29, 1.82) is 0 Å². The number of carbonyl (C=O) groups excluding carboxylic acids is 2. The normalized spacial score (nSPS) is 12.3. The molecule has 0 radical (unpaired) electrons. The van der Waals surface area contributed by atoms with Gasteiger partial charge in [0.15, 0.2) is 12.4 Å². The Morgan fingerprint density at radius 1 is 1.30 bits per heavy atom. The number of carboxylic acids is 1. The van der Waals surface area contributed by atoms with Crippen molar-refractivity contribution in [3.63, 3.8) is 0 Å². The first-order valence-electron chi connectivity index (χ1n) is 6.41. The van der Waals surface area contributed by atoms with Gasteiger partial charge in [-0.1, -0.05) is 12.1 Å². The minimum Gasteiger partial charge on any atom is -0.484 e. The van der Waals surface area contributed by atoms with E-state index in [0.717, 1.165) is 0 Å². The molecule has 1 amide bonds. The largest absolute Gasteiger partial charge is 0.484 e.